The summed E-state index contributed by atoms with van der Waals surface area (Å²) in [7, 11) is 0. The Labute approximate surface area is 114 Å². The van der Waals surface area contributed by atoms with Crippen molar-refractivity contribution in [1.82, 2.24) is 10.2 Å². The number of carbonyl (C=O) groups is 2. The lowest BCUT2D eigenvalue weighted by molar-refractivity contribution is -0.149. The molecular weight excluding hydrogens is 244 g/mol. The highest BCUT2D eigenvalue weighted by molar-refractivity contribution is 5.96. The number of piperazine rings is 1. The molecule has 5 heteroatoms. The van der Waals surface area contributed by atoms with Crippen LogP contribution >= 0.6 is 0 Å². The van der Waals surface area contributed by atoms with E-state index in [2.05, 4.69) is 5.32 Å². The van der Waals surface area contributed by atoms with E-state index in [0.717, 1.165) is 38.9 Å². The zero-order valence-electron chi connectivity index (χ0n) is 11.9. The highest BCUT2D eigenvalue weighted by atomic mass is 16.5. The lowest BCUT2D eigenvalue weighted by atomic mass is 10.0. The Balaban J connectivity index is 1.94. The molecule has 0 aromatic rings. The molecule has 5 nitrogen and oxygen atoms in total. The summed E-state index contributed by atoms with van der Waals surface area (Å²) >= 11 is 0. The fourth-order valence-corrected chi connectivity index (χ4v) is 2.81. The van der Waals surface area contributed by atoms with Gasteiger partial charge < -0.3 is 15.0 Å². The Kier molecular flexibility index (Phi) is 4.80. The first-order valence-electron chi connectivity index (χ1n) is 7.32. The van der Waals surface area contributed by atoms with Gasteiger partial charge in [-0.15, -0.1) is 0 Å². The molecule has 1 N–H and O–H groups in total. The second-order valence-corrected chi connectivity index (χ2v) is 5.58. The third-order valence-corrected chi connectivity index (χ3v) is 4.12. The van der Waals surface area contributed by atoms with Gasteiger partial charge in [0.2, 0.25) is 11.8 Å². The maximum absolute atomic E-state index is 12.4. The van der Waals surface area contributed by atoms with Gasteiger partial charge in [0.1, 0.15) is 12.1 Å². The van der Waals surface area contributed by atoms with Crippen molar-refractivity contribution in [3.05, 3.63) is 0 Å². The van der Waals surface area contributed by atoms with E-state index in [4.69, 9.17) is 4.74 Å². The zero-order valence-corrected chi connectivity index (χ0v) is 11.9. The second-order valence-electron chi connectivity index (χ2n) is 5.58. The van der Waals surface area contributed by atoms with Crippen LogP contribution in [0.3, 0.4) is 0 Å². The number of hydrogen-bond donors (Lipinski definition) is 1. The molecule has 2 amide bonds. The molecule has 2 saturated heterocycles. The molecule has 0 spiro atoms. The van der Waals surface area contributed by atoms with Crippen LogP contribution in [0, 0.1) is 5.92 Å². The average Bonchev–Trinajstić information content (AvgIpc) is 2.89. The van der Waals surface area contributed by atoms with Crippen molar-refractivity contribution in [2.24, 2.45) is 5.92 Å². The predicted octanol–water partition coefficient (Wildman–Crippen LogP) is 0.929. The lowest BCUT2D eigenvalue weighted by Crippen LogP contribution is -2.62. The molecule has 3 atom stereocenters. The lowest BCUT2D eigenvalue weighted by Gasteiger charge is -2.37. The Morgan fingerprint density at radius 1 is 1.37 bits per heavy atom. The molecule has 2 fully saturated rings. The van der Waals surface area contributed by atoms with E-state index in [1.165, 1.54) is 0 Å². The van der Waals surface area contributed by atoms with Crippen LogP contribution in [-0.2, 0) is 14.3 Å². The number of nitrogens with one attached hydrogen (secondary N) is 1. The van der Waals surface area contributed by atoms with E-state index in [1.807, 2.05) is 6.92 Å². The van der Waals surface area contributed by atoms with Crippen LogP contribution in [0.25, 0.3) is 0 Å². The summed E-state index contributed by atoms with van der Waals surface area (Å²) in [5, 5.41) is 2.82. The van der Waals surface area contributed by atoms with Crippen LogP contribution in [0.5, 0.6) is 0 Å². The maximum Gasteiger partial charge on any atom is 0.245 e. The minimum atomic E-state index is -0.345. The van der Waals surface area contributed by atoms with Gasteiger partial charge in [-0.1, -0.05) is 13.3 Å². The van der Waals surface area contributed by atoms with Gasteiger partial charge in [0.15, 0.2) is 0 Å². The fraction of sp³-hybridized carbons (Fsp3) is 0.857. The summed E-state index contributed by atoms with van der Waals surface area (Å²) in [6.45, 7) is 6.12. The molecule has 0 bridgehead atoms. The van der Waals surface area contributed by atoms with E-state index >= 15 is 0 Å². The summed E-state index contributed by atoms with van der Waals surface area (Å²) in [6, 6.07) is -0.670. The minimum absolute atomic E-state index is 0.0271. The Morgan fingerprint density at radius 2 is 2.16 bits per heavy atom. The smallest absolute Gasteiger partial charge is 0.245 e. The van der Waals surface area contributed by atoms with Crippen molar-refractivity contribution in [1.29, 1.82) is 0 Å². The molecular formula is C14H24N2O3. The summed E-state index contributed by atoms with van der Waals surface area (Å²) in [6.07, 6.45) is 3.62. The van der Waals surface area contributed by atoms with Crippen molar-refractivity contribution in [3.8, 4) is 0 Å². The SMILES string of the molecule is CCCC1NC(=O)C(C)N(CCC2CCOC2)C1=O. The van der Waals surface area contributed by atoms with Gasteiger partial charge >= 0.3 is 0 Å². The summed E-state index contributed by atoms with van der Waals surface area (Å²) in [5.74, 6) is 0.586. The van der Waals surface area contributed by atoms with Crippen LogP contribution in [0.4, 0.5) is 0 Å². The molecule has 0 saturated carbocycles. The summed E-state index contributed by atoms with van der Waals surface area (Å²) < 4.78 is 5.35. The first-order chi connectivity index (χ1) is 9.13. The Hall–Kier alpha value is -1.10. The first kappa shape index (κ1) is 14.3. The van der Waals surface area contributed by atoms with Gasteiger partial charge in [-0.05, 0) is 32.1 Å². The van der Waals surface area contributed by atoms with Crippen molar-refractivity contribution in [3.63, 3.8) is 0 Å². The number of amides is 2. The van der Waals surface area contributed by atoms with E-state index < -0.39 is 0 Å². The molecule has 108 valence electrons. The highest BCUT2D eigenvalue weighted by Gasteiger charge is 2.37. The van der Waals surface area contributed by atoms with E-state index in [1.54, 1.807) is 11.8 Å². The van der Waals surface area contributed by atoms with Gasteiger partial charge in [-0.2, -0.15) is 0 Å². The van der Waals surface area contributed by atoms with E-state index in [9.17, 15) is 9.59 Å². The van der Waals surface area contributed by atoms with E-state index in [0.29, 0.717) is 12.5 Å². The Morgan fingerprint density at radius 3 is 2.79 bits per heavy atom. The molecule has 2 aliphatic heterocycles. The minimum Gasteiger partial charge on any atom is -0.381 e. The van der Waals surface area contributed by atoms with Crippen molar-refractivity contribution in [2.75, 3.05) is 19.8 Å². The molecule has 2 rings (SSSR count). The number of hydrogen-bond acceptors (Lipinski definition) is 3. The molecule has 2 aliphatic rings. The fourth-order valence-electron chi connectivity index (χ4n) is 2.81. The van der Waals surface area contributed by atoms with Gasteiger partial charge in [0.25, 0.3) is 0 Å². The monoisotopic (exact) mass is 268 g/mol. The number of nitrogens with zero attached hydrogens (tertiary/aromatic N) is 1. The third kappa shape index (κ3) is 3.26. The molecule has 2 heterocycles. The van der Waals surface area contributed by atoms with E-state index in [-0.39, 0.29) is 23.9 Å². The number of rotatable bonds is 5. The van der Waals surface area contributed by atoms with Gasteiger partial charge in [-0.25, -0.2) is 0 Å². The van der Waals surface area contributed by atoms with Crippen LogP contribution in [0.15, 0.2) is 0 Å². The average molecular weight is 268 g/mol. The van der Waals surface area contributed by atoms with Crippen molar-refractivity contribution >= 4 is 11.8 Å². The molecule has 0 radical (unpaired) electrons. The molecule has 0 aliphatic carbocycles. The quantitative estimate of drug-likeness (QED) is 0.807. The summed E-state index contributed by atoms with van der Waals surface area (Å²) in [4.78, 5) is 26.0. The molecule has 19 heavy (non-hydrogen) atoms. The van der Waals surface area contributed by atoms with Gasteiger partial charge in [-0.3, -0.25) is 9.59 Å². The second kappa shape index (κ2) is 6.37. The third-order valence-electron chi connectivity index (χ3n) is 4.12. The van der Waals surface area contributed by atoms with Crippen LogP contribution < -0.4 is 5.32 Å². The maximum atomic E-state index is 12.4. The van der Waals surface area contributed by atoms with Gasteiger partial charge in [0.05, 0.1) is 0 Å². The Bertz CT molecular complexity index is 340. The van der Waals surface area contributed by atoms with Gasteiger partial charge in [0, 0.05) is 19.8 Å². The summed E-state index contributed by atoms with van der Waals surface area (Å²) in [5.41, 5.74) is 0. The standard InChI is InChI=1S/C14H24N2O3/c1-3-4-12-14(18)16(10(2)13(17)15-12)7-5-11-6-8-19-9-11/h10-12H,3-9H2,1-2H3,(H,15,17). The topological polar surface area (TPSA) is 58.6 Å². The number of carbonyl (C=O) groups excluding carboxylic acids is 2. The largest absolute Gasteiger partial charge is 0.381 e. The van der Waals surface area contributed by atoms with Crippen LogP contribution in [0.1, 0.15) is 39.5 Å². The first-order valence-corrected chi connectivity index (χ1v) is 7.32. The van der Waals surface area contributed by atoms with Crippen molar-refractivity contribution < 1.29 is 14.3 Å². The van der Waals surface area contributed by atoms with Crippen LogP contribution in [0.2, 0.25) is 0 Å². The molecule has 0 aromatic carbocycles. The molecule has 3 unspecified atom stereocenters. The molecule has 0 aromatic heterocycles. The predicted molar refractivity (Wildman–Crippen MR) is 71.6 cm³/mol. The highest BCUT2D eigenvalue weighted by Crippen LogP contribution is 2.19. The van der Waals surface area contributed by atoms with Crippen LogP contribution in [-0.4, -0.2) is 48.6 Å². The normalized spacial score (nSPS) is 31.7. The zero-order chi connectivity index (χ0) is 13.8. The number of ether oxygens (including phenoxy) is 1. The van der Waals surface area contributed by atoms with Crippen molar-refractivity contribution in [2.45, 2.75) is 51.6 Å².